The topological polar surface area (TPSA) is 65.1 Å². The quantitative estimate of drug-likeness (QED) is 0.199. The molecule has 180 valence electrons. The second-order valence-electron chi connectivity index (χ2n) is 7.36. The van der Waals surface area contributed by atoms with Crippen LogP contribution in [0.5, 0.6) is 11.5 Å². The van der Waals surface area contributed by atoms with Gasteiger partial charge >= 0.3 is 5.97 Å². The molecule has 0 radical (unpaired) electrons. The number of benzene rings is 2. The fraction of sp³-hybridized carbons (Fsp3) is 0.320. The summed E-state index contributed by atoms with van der Waals surface area (Å²) in [6.07, 6.45) is 3.30. The highest BCUT2D eigenvalue weighted by Gasteiger charge is 2.31. The molecule has 0 aliphatic carbocycles. The average molecular weight is 565 g/mol. The Morgan fingerprint density at radius 2 is 2.00 bits per heavy atom. The van der Waals surface area contributed by atoms with Crippen molar-refractivity contribution in [3.63, 3.8) is 0 Å². The van der Waals surface area contributed by atoms with Crippen LogP contribution in [-0.2, 0) is 20.7 Å². The summed E-state index contributed by atoms with van der Waals surface area (Å²) < 4.78 is 17.7. The minimum atomic E-state index is -0.272. The molecule has 6 nitrogen and oxygen atoms in total. The SMILES string of the molecule is CCOC(=O)CCCN1C(=O)/C(=C/c2cc(Br)c(OCCc3ccccc3)c(OC)c2)SC1=S. The first-order valence-electron chi connectivity index (χ1n) is 10.9. The van der Waals surface area contributed by atoms with E-state index in [-0.39, 0.29) is 18.3 Å². The van der Waals surface area contributed by atoms with Crippen LogP contribution in [0.1, 0.15) is 30.9 Å². The number of rotatable bonds is 11. The molecule has 34 heavy (non-hydrogen) atoms. The summed E-state index contributed by atoms with van der Waals surface area (Å²) in [7, 11) is 1.58. The zero-order chi connectivity index (χ0) is 24.5. The summed E-state index contributed by atoms with van der Waals surface area (Å²) in [5.74, 6) is 0.740. The van der Waals surface area contributed by atoms with E-state index in [2.05, 4.69) is 28.1 Å². The Morgan fingerprint density at radius 3 is 2.71 bits per heavy atom. The lowest BCUT2D eigenvalue weighted by Gasteiger charge is -2.14. The Balaban J connectivity index is 1.66. The molecule has 2 aromatic rings. The van der Waals surface area contributed by atoms with Crippen LogP contribution in [0.2, 0.25) is 0 Å². The van der Waals surface area contributed by atoms with Crippen molar-refractivity contribution in [1.82, 2.24) is 4.90 Å². The maximum absolute atomic E-state index is 12.9. The monoisotopic (exact) mass is 563 g/mol. The molecule has 0 bridgehead atoms. The summed E-state index contributed by atoms with van der Waals surface area (Å²) in [5, 5.41) is 0. The smallest absolute Gasteiger partial charge is 0.305 e. The van der Waals surface area contributed by atoms with Crippen molar-refractivity contribution < 1.29 is 23.8 Å². The van der Waals surface area contributed by atoms with E-state index in [9.17, 15) is 9.59 Å². The first-order chi connectivity index (χ1) is 16.4. The zero-order valence-corrected chi connectivity index (χ0v) is 22.3. The normalized spacial score (nSPS) is 14.6. The summed E-state index contributed by atoms with van der Waals surface area (Å²) in [6, 6.07) is 13.8. The number of thioether (sulfide) groups is 1. The second-order valence-corrected chi connectivity index (χ2v) is 9.89. The van der Waals surface area contributed by atoms with Crippen molar-refractivity contribution >= 4 is 62.2 Å². The largest absolute Gasteiger partial charge is 0.493 e. The number of hydrogen-bond donors (Lipinski definition) is 0. The predicted molar refractivity (Wildman–Crippen MR) is 142 cm³/mol. The zero-order valence-electron chi connectivity index (χ0n) is 19.0. The predicted octanol–water partition coefficient (Wildman–Crippen LogP) is 5.62. The minimum Gasteiger partial charge on any atom is -0.493 e. The van der Waals surface area contributed by atoms with Crippen molar-refractivity contribution in [3.8, 4) is 11.5 Å². The van der Waals surface area contributed by atoms with Crippen molar-refractivity contribution in [2.45, 2.75) is 26.2 Å². The molecule has 1 aliphatic rings. The molecule has 1 heterocycles. The number of methoxy groups -OCH3 is 1. The molecule has 0 unspecified atom stereocenters. The summed E-state index contributed by atoms with van der Waals surface area (Å²) in [6.45, 7) is 2.99. The first-order valence-corrected chi connectivity index (χ1v) is 12.9. The van der Waals surface area contributed by atoms with Crippen molar-refractivity contribution in [2.75, 3.05) is 26.9 Å². The first kappa shape index (κ1) is 26.2. The van der Waals surface area contributed by atoms with E-state index in [0.717, 1.165) is 16.5 Å². The van der Waals surface area contributed by atoms with Crippen LogP contribution in [0.4, 0.5) is 0 Å². The van der Waals surface area contributed by atoms with E-state index in [0.29, 0.717) is 46.9 Å². The number of esters is 1. The number of hydrogen-bond acceptors (Lipinski definition) is 7. The number of thiocarbonyl (C=S) groups is 1. The Bertz CT molecular complexity index is 1070. The van der Waals surface area contributed by atoms with E-state index in [4.69, 9.17) is 26.4 Å². The van der Waals surface area contributed by atoms with Crippen LogP contribution in [0.3, 0.4) is 0 Å². The van der Waals surface area contributed by atoms with Gasteiger partial charge in [0.1, 0.15) is 4.32 Å². The molecular formula is C25H26BrNO5S2. The molecular weight excluding hydrogens is 538 g/mol. The highest BCUT2D eigenvalue weighted by molar-refractivity contribution is 9.10. The molecule has 0 N–H and O–H groups in total. The number of amides is 1. The molecule has 1 saturated heterocycles. The van der Waals surface area contributed by atoms with Gasteiger partial charge in [-0.2, -0.15) is 0 Å². The van der Waals surface area contributed by atoms with E-state index in [1.165, 1.54) is 22.2 Å². The van der Waals surface area contributed by atoms with Crippen molar-refractivity contribution in [1.29, 1.82) is 0 Å². The minimum absolute atomic E-state index is 0.169. The van der Waals surface area contributed by atoms with Crippen LogP contribution < -0.4 is 9.47 Å². The molecule has 9 heteroatoms. The Morgan fingerprint density at radius 1 is 1.24 bits per heavy atom. The van der Waals surface area contributed by atoms with Gasteiger partial charge in [-0.1, -0.05) is 54.3 Å². The summed E-state index contributed by atoms with van der Waals surface area (Å²) in [5.41, 5.74) is 1.98. The van der Waals surface area contributed by atoms with E-state index in [1.807, 2.05) is 30.3 Å². The molecule has 0 atom stereocenters. The van der Waals surface area contributed by atoms with Gasteiger partial charge < -0.3 is 14.2 Å². The lowest BCUT2D eigenvalue weighted by Crippen LogP contribution is -2.29. The number of ether oxygens (including phenoxy) is 3. The molecule has 3 rings (SSSR count). The van der Waals surface area contributed by atoms with Gasteiger partial charge in [-0.05, 0) is 58.6 Å². The lowest BCUT2D eigenvalue weighted by molar-refractivity contribution is -0.143. The van der Waals surface area contributed by atoms with Gasteiger partial charge in [0, 0.05) is 19.4 Å². The fourth-order valence-corrected chi connectivity index (χ4v) is 5.22. The number of carbonyl (C=O) groups is 2. The summed E-state index contributed by atoms with van der Waals surface area (Å²) in [4.78, 5) is 26.5. The Labute approximate surface area is 217 Å². The third-order valence-electron chi connectivity index (χ3n) is 4.97. The van der Waals surface area contributed by atoms with Gasteiger partial charge in [-0.15, -0.1) is 0 Å². The highest BCUT2D eigenvalue weighted by Crippen LogP contribution is 2.39. The maximum atomic E-state index is 12.9. The fourth-order valence-electron chi connectivity index (χ4n) is 3.34. The van der Waals surface area contributed by atoms with E-state index in [1.54, 1.807) is 20.1 Å². The number of nitrogens with zero attached hydrogens (tertiary/aromatic N) is 1. The van der Waals surface area contributed by atoms with Gasteiger partial charge in [0.15, 0.2) is 11.5 Å². The van der Waals surface area contributed by atoms with E-state index >= 15 is 0 Å². The van der Waals surface area contributed by atoms with Crippen molar-refractivity contribution in [3.05, 3.63) is 63.0 Å². The highest BCUT2D eigenvalue weighted by atomic mass is 79.9. The molecule has 0 aromatic heterocycles. The molecule has 0 spiro atoms. The average Bonchev–Trinajstić information content (AvgIpc) is 3.08. The summed E-state index contributed by atoms with van der Waals surface area (Å²) >= 11 is 10.2. The van der Waals surface area contributed by atoms with Crippen LogP contribution >= 0.6 is 39.9 Å². The van der Waals surface area contributed by atoms with Gasteiger partial charge in [0.2, 0.25) is 0 Å². The van der Waals surface area contributed by atoms with Crippen LogP contribution in [0, 0.1) is 0 Å². The molecule has 1 aliphatic heterocycles. The third kappa shape index (κ3) is 7.07. The second kappa shape index (κ2) is 12.9. The standard InChI is InChI=1S/C25H26BrNO5S2/c1-3-31-22(28)10-7-12-27-24(29)21(34-25(27)33)16-18-14-19(26)23(20(15-18)30-2)32-13-11-17-8-5-4-6-9-17/h4-6,8-9,14-16H,3,7,10-13H2,1-2H3/b21-16-. The van der Waals surface area contributed by atoms with Gasteiger partial charge in [0.05, 0.1) is 29.7 Å². The number of carbonyl (C=O) groups excluding carboxylic acids is 2. The number of halogens is 1. The maximum Gasteiger partial charge on any atom is 0.305 e. The van der Waals surface area contributed by atoms with Crippen LogP contribution in [0.25, 0.3) is 6.08 Å². The van der Waals surface area contributed by atoms with E-state index < -0.39 is 0 Å². The molecule has 1 fully saturated rings. The van der Waals surface area contributed by atoms with Crippen LogP contribution in [-0.4, -0.2) is 48.0 Å². The van der Waals surface area contributed by atoms with Crippen LogP contribution in [0.15, 0.2) is 51.8 Å². The molecule has 1 amide bonds. The van der Waals surface area contributed by atoms with Gasteiger partial charge in [-0.25, -0.2) is 0 Å². The Kier molecular flexibility index (Phi) is 9.98. The van der Waals surface area contributed by atoms with Crippen molar-refractivity contribution in [2.24, 2.45) is 0 Å². The molecule has 0 saturated carbocycles. The Hall–Kier alpha value is -2.36. The molecule has 2 aromatic carbocycles. The van der Waals surface area contributed by atoms with Gasteiger partial charge in [0.25, 0.3) is 5.91 Å². The van der Waals surface area contributed by atoms with Gasteiger partial charge in [-0.3, -0.25) is 14.5 Å². The third-order valence-corrected chi connectivity index (χ3v) is 6.94. The lowest BCUT2D eigenvalue weighted by atomic mass is 10.1.